The van der Waals surface area contributed by atoms with Gasteiger partial charge in [-0.3, -0.25) is 14.6 Å². The number of hydrogen-bond donors (Lipinski definition) is 1. The van der Waals surface area contributed by atoms with E-state index in [1.807, 2.05) is 0 Å². The van der Waals surface area contributed by atoms with Crippen LogP contribution in [-0.2, 0) is 9.53 Å². The summed E-state index contributed by atoms with van der Waals surface area (Å²) < 4.78 is 33.0. The van der Waals surface area contributed by atoms with Gasteiger partial charge in [0.25, 0.3) is 5.91 Å². The fourth-order valence-corrected chi connectivity index (χ4v) is 3.31. The minimum Gasteiger partial charge on any atom is -0.441 e. The minimum absolute atomic E-state index is 0.133. The van der Waals surface area contributed by atoms with Gasteiger partial charge in [0.15, 0.2) is 6.17 Å². The topological polar surface area (TPSA) is 83.0 Å². The largest absolute Gasteiger partial charge is 0.441 e. The number of carbonyl (C=O) groups excluding carboxylic acids is 2. The van der Waals surface area contributed by atoms with E-state index in [9.17, 15) is 18.4 Å². The van der Waals surface area contributed by atoms with E-state index in [0.29, 0.717) is 17.1 Å². The molecular formula is C19H17F2N3O4. The maximum atomic E-state index is 14.6. The molecule has 1 N–H and O–H groups in total. The zero-order valence-electron chi connectivity index (χ0n) is 14.7. The van der Waals surface area contributed by atoms with Crippen molar-refractivity contribution in [1.29, 1.82) is 0 Å². The second-order valence-corrected chi connectivity index (χ2v) is 6.61. The van der Waals surface area contributed by atoms with Crippen LogP contribution in [0.2, 0.25) is 0 Å². The number of carbonyl (C=O) groups is 2. The maximum Gasteiger partial charge on any atom is 0.414 e. The van der Waals surface area contributed by atoms with Crippen molar-refractivity contribution in [1.82, 2.24) is 4.98 Å². The van der Waals surface area contributed by atoms with E-state index in [4.69, 9.17) is 9.84 Å². The Kier molecular flexibility index (Phi) is 4.68. The van der Waals surface area contributed by atoms with Crippen molar-refractivity contribution in [3.63, 3.8) is 0 Å². The van der Waals surface area contributed by atoms with Crippen molar-refractivity contribution < 1.29 is 28.2 Å². The molecule has 146 valence electrons. The summed E-state index contributed by atoms with van der Waals surface area (Å²) in [6, 6.07) is 7.44. The standard InChI is InChI=1S/C19H17F2N3O4/c20-15-5-6-23(18(15)26)17-4-1-11(8-22-17)14-3-2-12(7-16(14)21)24-9-13(10-25)28-19(24)27/h1-4,7-8,13,15,25H,5-6,9-10H2. The van der Waals surface area contributed by atoms with Crippen molar-refractivity contribution in [2.75, 3.05) is 29.5 Å². The number of aliphatic hydroxyl groups excluding tert-OH is 1. The zero-order chi connectivity index (χ0) is 19.8. The highest BCUT2D eigenvalue weighted by Crippen LogP contribution is 2.30. The summed E-state index contributed by atoms with van der Waals surface area (Å²) in [6.07, 6.45) is -1.23. The normalized spacial score (nSPS) is 22.1. The molecule has 7 nitrogen and oxygen atoms in total. The number of nitrogens with zero attached hydrogens (tertiary/aromatic N) is 3. The molecular weight excluding hydrogens is 372 g/mol. The summed E-state index contributed by atoms with van der Waals surface area (Å²) in [5, 5.41) is 9.10. The average Bonchev–Trinajstić information content (AvgIpc) is 3.24. The van der Waals surface area contributed by atoms with Crippen LogP contribution in [0.4, 0.5) is 25.1 Å². The van der Waals surface area contributed by atoms with Gasteiger partial charge in [-0.25, -0.2) is 18.6 Å². The summed E-state index contributed by atoms with van der Waals surface area (Å²) in [4.78, 5) is 30.2. The fraction of sp³-hybridized carbons (Fsp3) is 0.316. The van der Waals surface area contributed by atoms with Gasteiger partial charge < -0.3 is 9.84 Å². The van der Waals surface area contributed by atoms with Crippen molar-refractivity contribution in [2.45, 2.75) is 18.7 Å². The van der Waals surface area contributed by atoms with Gasteiger partial charge in [0.2, 0.25) is 0 Å². The third-order valence-electron chi connectivity index (χ3n) is 4.82. The number of anilines is 2. The molecule has 2 aliphatic rings. The molecule has 2 fully saturated rings. The quantitative estimate of drug-likeness (QED) is 0.868. The lowest BCUT2D eigenvalue weighted by Crippen LogP contribution is -2.28. The Balaban J connectivity index is 1.55. The number of alkyl halides is 1. The van der Waals surface area contributed by atoms with Crippen molar-refractivity contribution >= 4 is 23.5 Å². The average molecular weight is 389 g/mol. The first kappa shape index (κ1) is 18.3. The predicted molar refractivity (Wildman–Crippen MR) is 96.2 cm³/mol. The van der Waals surface area contributed by atoms with E-state index in [-0.39, 0.29) is 31.7 Å². The predicted octanol–water partition coefficient (Wildman–Crippen LogP) is 2.28. The Labute approximate surface area is 159 Å². The Hall–Kier alpha value is -3.07. The summed E-state index contributed by atoms with van der Waals surface area (Å²) in [6.45, 7) is 0.101. The van der Waals surface area contributed by atoms with Crippen LogP contribution in [-0.4, -0.2) is 54.1 Å². The lowest BCUT2D eigenvalue weighted by molar-refractivity contribution is -0.121. The molecule has 0 radical (unpaired) electrons. The molecule has 0 spiro atoms. The second-order valence-electron chi connectivity index (χ2n) is 6.61. The second kappa shape index (κ2) is 7.16. The van der Waals surface area contributed by atoms with Gasteiger partial charge in [0.05, 0.1) is 18.8 Å². The van der Waals surface area contributed by atoms with Gasteiger partial charge >= 0.3 is 6.09 Å². The number of rotatable bonds is 4. The first-order valence-corrected chi connectivity index (χ1v) is 8.78. The highest BCUT2D eigenvalue weighted by atomic mass is 19.1. The highest BCUT2D eigenvalue weighted by molar-refractivity contribution is 5.98. The molecule has 1 aromatic carbocycles. The van der Waals surface area contributed by atoms with Crippen LogP contribution < -0.4 is 9.80 Å². The molecule has 2 aromatic rings. The third-order valence-corrected chi connectivity index (χ3v) is 4.82. The summed E-state index contributed by atoms with van der Waals surface area (Å²) in [7, 11) is 0. The Morgan fingerprint density at radius 3 is 2.61 bits per heavy atom. The van der Waals surface area contributed by atoms with Gasteiger partial charge in [0.1, 0.15) is 17.7 Å². The molecule has 9 heteroatoms. The van der Waals surface area contributed by atoms with Crippen molar-refractivity contribution in [2.24, 2.45) is 0 Å². The van der Waals surface area contributed by atoms with Crippen LogP contribution in [0.3, 0.4) is 0 Å². The molecule has 2 unspecified atom stereocenters. The lowest BCUT2D eigenvalue weighted by atomic mass is 10.1. The van der Waals surface area contributed by atoms with E-state index in [2.05, 4.69) is 4.98 Å². The lowest BCUT2D eigenvalue weighted by Gasteiger charge is -2.16. The Morgan fingerprint density at radius 2 is 2.04 bits per heavy atom. The number of aliphatic hydroxyl groups is 1. The highest BCUT2D eigenvalue weighted by Gasteiger charge is 2.33. The van der Waals surface area contributed by atoms with E-state index >= 15 is 0 Å². The zero-order valence-corrected chi connectivity index (χ0v) is 14.7. The van der Waals surface area contributed by atoms with Crippen LogP contribution in [0.5, 0.6) is 0 Å². The minimum atomic E-state index is -1.51. The molecule has 4 rings (SSSR count). The molecule has 2 aliphatic heterocycles. The first-order chi connectivity index (χ1) is 13.5. The van der Waals surface area contributed by atoms with Gasteiger partial charge in [-0.1, -0.05) is 0 Å². The summed E-state index contributed by atoms with van der Waals surface area (Å²) >= 11 is 0. The molecule has 0 saturated carbocycles. The van der Waals surface area contributed by atoms with Crippen LogP contribution in [0.1, 0.15) is 6.42 Å². The van der Waals surface area contributed by atoms with Crippen LogP contribution in [0, 0.1) is 5.82 Å². The first-order valence-electron chi connectivity index (χ1n) is 8.78. The molecule has 0 bridgehead atoms. The fourth-order valence-electron chi connectivity index (χ4n) is 3.31. The van der Waals surface area contributed by atoms with Gasteiger partial charge in [-0.05, 0) is 30.3 Å². The molecule has 2 amide bonds. The summed E-state index contributed by atoms with van der Waals surface area (Å²) in [5.74, 6) is -0.858. The third kappa shape index (κ3) is 3.18. The van der Waals surface area contributed by atoms with E-state index < -0.39 is 30.1 Å². The molecule has 28 heavy (non-hydrogen) atoms. The smallest absolute Gasteiger partial charge is 0.414 e. The van der Waals surface area contributed by atoms with Crippen LogP contribution in [0.15, 0.2) is 36.5 Å². The number of ether oxygens (including phenoxy) is 1. The van der Waals surface area contributed by atoms with Crippen molar-refractivity contribution in [3.8, 4) is 11.1 Å². The van der Waals surface area contributed by atoms with Gasteiger partial charge in [-0.15, -0.1) is 0 Å². The number of cyclic esters (lactones) is 1. The van der Waals surface area contributed by atoms with E-state index in [0.717, 1.165) is 0 Å². The number of halogens is 2. The molecule has 3 heterocycles. The van der Waals surface area contributed by atoms with Crippen LogP contribution >= 0.6 is 0 Å². The maximum absolute atomic E-state index is 14.6. The van der Waals surface area contributed by atoms with Crippen molar-refractivity contribution in [3.05, 3.63) is 42.3 Å². The number of benzene rings is 1. The molecule has 2 saturated heterocycles. The Bertz CT molecular complexity index is 922. The SMILES string of the molecule is O=C1OC(CO)CN1c1ccc(-c2ccc(N3CCC(F)C3=O)nc2)c(F)c1. The molecule has 2 atom stereocenters. The number of hydrogen-bond acceptors (Lipinski definition) is 5. The number of amides is 2. The van der Waals surface area contributed by atoms with E-state index in [1.54, 1.807) is 18.2 Å². The Morgan fingerprint density at radius 1 is 1.21 bits per heavy atom. The molecule has 1 aromatic heterocycles. The monoisotopic (exact) mass is 389 g/mol. The summed E-state index contributed by atoms with van der Waals surface area (Å²) in [5.41, 5.74) is 1.07. The van der Waals surface area contributed by atoms with Gasteiger partial charge in [0, 0.05) is 30.3 Å². The van der Waals surface area contributed by atoms with Crippen LogP contribution in [0.25, 0.3) is 11.1 Å². The van der Waals surface area contributed by atoms with Gasteiger partial charge in [-0.2, -0.15) is 0 Å². The number of pyridine rings is 1. The number of aromatic nitrogens is 1. The molecule has 0 aliphatic carbocycles. The van der Waals surface area contributed by atoms with E-state index in [1.165, 1.54) is 28.1 Å².